The Bertz CT molecular complexity index is 1190. The molecule has 1 amide bonds. The zero-order valence-corrected chi connectivity index (χ0v) is 19.8. The number of aromatic nitrogens is 1. The number of hydrogen-bond acceptors (Lipinski definition) is 5. The number of likely N-dealkylation sites (N-methyl/N-ethyl adjacent to an activating group) is 1. The number of nitrogens with one attached hydrogen (secondary N) is 1. The Kier molecular flexibility index (Phi) is 7.90. The molecule has 4 rings (SSSR count). The van der Waals surface area contributed by atoms with E-state index in [2.05, 4.69) is 15.2 Å². The molecule has 2 heterocycles. The zero-order chi connectivity index (χ0) is 25.5. The summed E-state index contributed by atoms with van der Waals surface area (Å²) in [6, 6.07) is 16.6. The number of piperazine rings is 1. The second kappa shape index (κ2) is 11.3. The smallest absolute Gasteiger partial charge is 0.418 e. The standard InChI is InChI=1S/C27H27F3N4O2/c1-33-14-16-34(17-15-33)22-8-11-25(24(18-22)27(28,29)30)32-26(35)12-7-20-5-9-23(10-6-20)36-19-21-4-2-3-13-31-21/h2-13,18H,14-17,19H2,1H3,(H,32,35)/b12-7+. The number of carbonyl (C=O) groups is 1. The van der Waals surface area contributed by atoms with Crippen molar-refractivity contribution in [3.63, 3.8) is 0 Å². The molecule has 1 aliphatic heterocycles. The molecule has 2 aromatic carbocycles. The minimum absolute atomic E-state index is 0.270. The van der Waals surface area contributed by atoms with E-state index < -0.39 is 17.6 Å². The van der Waals surface area contributed by atoms with Crippen molar-refractivity contribution in [3.05, 3.63) is 89.8 Å². The van der Waals surface area contributed by atoms with E-state index in [-0.39, 0.29) is 5.69 Å². The van der Waals surface area contributed by atoms with E-state index >= 15 is 0 Å². The van der Waals surface area contributed by atoms with Gasteiger partial charge < -0.3 is 19.9 Å². The van der Waals surface area contributed by atoms with Crippen LogP contribution in [0, 0.1) is 0 Å². The molecule has 0 bridgehead atoms. The Hall–Kier alpha value is -3.85. The predicted octanol–water partition coefficient (Wildman–Crippen LogP) is 5.08. The molecular formula is C27H27F3N4O2. The number of benzene rings is 2. The Morgan fingerprint density at radius 1 is 1.06 bits per heavy atom. The van der Waals surface area contributed by atoms with Gasteiger partial charge >= 0.3 is 6.18 Å². The molecule has 1 saturated heterocycles. The van der Waals surface area contributed by atoms with E-state index in [0.717, 1.165) is 24.8 Å². The maximum Gasteiger partial charge on any atom is 0.418 e. The highest BCUT2D eigenvalue weighted by molar-refractivity contribution is 6.02. The predicted molar refractivity (Wildman–Crippen MR) is 134 cm³/mol. The number of hydrogen-bond donors (Lipinski definition) is 1. The number of pyridine rings is 1. The SMILES string of the molecule is CN1CCN(c2ccc(NC(=O)/C=C/c3ccc(OCc4ccccn4)cc3)c(C(F)(F)F)c2)CC1. The van der Waals surface area contributed by atoms with Crippen molar-refractivity contribution in [1.82, 2.24) is 9.88 Å². The summed E-state index contributed by atoms with van der Waals surface area (Å²) in [4.78, 5) is 20.6. The van der Waals surface area contributed by atoms with E-state index in [4.69, 9.17) is 4.74 Å². The first kappa shape index (κ1) is 25.2. The van der Waals surface area contributed by atoms with E-state index in [1.54, 1.807) is 36.5 Å². The fraction of sp³-hybridized carbons (Fsp3) is 0.259. The van der Waals surface area contributed by atoms with Gasteiger partial charge in [0.2, 0.25) is 5.91 Å². The van der Waals surface area contributed by atoms with Gasteiger partial charge in [0.1, 0.15) is 12.4 Å². The van der Waals surface area contributed by atoms with Gasteiger partial charge in [-0.1, -0.05) is 18.2 Å². The molecule has 188 valence electrons. The normalized spacial score (nSPS) is 14.7. The second-order valence-electron chi connectivity index (χ2n) is 8.52. The third kappa shape index (κ3) is 6.85. The summed E-state index contributed by atoms with van der Waals surface area (Å²) in [7, 11) is 1.98. The Balaban J connectivity index is 1.38. The summed E-state index contributed by atoms with van der Waals surface area (Å²) >= 11 is 0. The lowest BCUT2D eigenvalue weighted by Gasteiger charge is -2.34. The van der Waals surface area contributed by atoms with E-state index in [0.29, 0.717) is 36.7 Å². The van der Waals surface area contributed by atoms with Gasteiger partial charge in [-0.05, 0) is 61.2 Å². The Morgan fingerprint density at radius 2 is 1.81 bits per heavy atom. The van der Waals surface area contributed by atoms with Gasteiger partial charge in [-0.15, -0.1) is 0 Å². The zero-order valence-electron chi connectivity index (χ0n) is 19.8. The average Bonchev–Trinajstić information content (AvgIpc) is 2.87. The van der Waals surface area contributed by atoms with E-state index in [9.17, 15) is 18.0 Å². The summed E-state index contributed by atoms with van der Waals surface area (Å²) in [5, 5.41) is 2.37. The first-order valence-electron chi connectivity index (χ1n) is 11.5. The monoisotopic (exact) mass is 496 g/mol. The molecule has 1 fully saturated rings. The average molecular weight is 497 g/mol. The summed E-state index contributed by atoms with van der Waals surface area (Å²) in [6.07, 6.45) is -0.167. The number of carbonyl (C=O) groups excluding carboxylic acids is 1. The number of amides is 1. The minimum Gasteiger partial charge on any atom is -0.487 e. The maximum absolute atomic E-state index is 13.8. The van der Waals surface area contributed by atoms with Crippen LogP contribution in [-0.4, -0.2) is 49.0 Å². The van der Waals surface area contributed by atoms with Gasteiger partial charge in [0.05, 0.1) is 16.9 Å². The molecule has 0 saturated carbocycles. The highest BCUT2D eigenvalue weighted by Crippen LogP contribution is 2.37. The van der Waals surface area contributed by atoms with Crippen LogP contribution in [0.5, 0.6) is 5.75 Å². The van der Waals surface area contributed by atoms with Crippen LogP contribution in [0.3, 0.4) is 0 Å². The maximum atomic E-state index is 13.8. The van der Waals surface area contributed by atoms with Crippen LogP contribution in [0.4, 0.5) is 24.5 Å². The second-order valence-corrected chi connectivity index (χ2v) is 8.52. The molecule has 0 atom stereocenters. The summed E-state index contributed by atoms with van der Waals surface area (Å²) in [5.74, 6) is -0.0131. The van der Waals surface area contributed by atoms with E-state index in [1.165, 1.54) is 18.2 Å². The Labute approximate surface area is 208 Å². The van der Waals surface area contributed by atoms with Crippen LogP contribution >= 0.6 is 0 Å². The van der Waals surface area contributed by atoms with Gasteiger partial charge in [0.25, 0.3) is 0 Å². The van der Waals surface area contributed by atoms with Crippen molar-refractivity contribution in [3.8, 4) is 5.75 Å². The van der Waals surface area contributed by atoms with Crippen LogP contribution in [0.25, 0.3) is 6.08 Å². The number of ether oxygens (including phenoxy) is 1. The van der Waals surface area contributed by atoms with Crippen LogP contribution < -0.4 is 15.0 Å². The fourth-order valence-corrected chi connectivity index (χ4v) is 3.80. The fourth-order valence-electron chi connectivity index (χ4n) is 3.80. The lowest BCUT2D eigenvalue weighted by molar-refractivity contribution is -0.136. The number of halogens is 3. The third-order valence-electron chi connectivity index (χ3n) is 5.85. The van der Waals surface area contributed by atoms with Crippen molar-refractivity contribution in [2.45, 2.75) is 12.8 Å². The van der Waals surface area contributed by atoms with Gasteiger partial charge in [0, 0.05) is 44.1 Å². The van der Waals surface area contributed by atoms with Crippen LogP contribution in [0.2, 0.25) is 0 Å². The van der Waals surface area contributed by atoms with Crippen LogP contribution in [-0.2, 0) is 17.6 Å². The summed E-state index contributed by atoms with van der Waals surface area (Å²) < 4.78 is 46.9. The number of anilines is 2. The van der Waals surface area contributed by atoms with E-state index in [1.807, 2.05) is 30.1 Å². The summed E-state index contributed by atoms with van der Waals surface area (Å²) in [5.41, 5.74) is 0.863. The molecule has 0 radical (unpaired) electrons. The molecule has 0 aliphatic carbocycles. The minimum atomic E-state index is -4.60. The van der Waals surface area contributed by atoms with Crippen molar-refractivity contribution < 1.29 is 22.7 Å². The quantitative estimate of drug-likeness (QED) is 0.462. The first-order chi connectivity index (χ1) is 17.3. The van der Waals surface area contributed by atoms with Gasteiger partial charge in [-0.25, -0.2) is 0 Å². The molecular weight excluding hydrogens is 469 g/mol. The number of alkyl halides is 3. The topological polar surface area (TPSA) is 57.7 Å². The van der Waals surface area contributed by atoms with Crippen molar-refractivity contribution in [1.29, 1.82) is 0 Å². The third-order valence-corrected chi connectivity index (χ3v) is 5.85. The van der Waals surface area contributed by atoms with Gasteiger partial charge in [0.15, 0.2) is 0 Å². The molecule has 6 nitrogen and oxygen atoms in total. The largest absolute Gasteiger partial charge is 0.487 e. The lowest BCUT2D eigenvalue weighted by Crippen LogP contribution is -2.44. The van der Waals surface area contributed by atoms with Gasteiger partial charge in [-0.3, -0.25) is 9.78 Å². The van der Waals surface area contributed by atoms with Crippen molar-refractivity contribution in [2.75, 3.05) is 43.4 Å². The van der Waals surface area contributed by atoms with Crippen LogP contribution in [0.15, 0.2) is 72.9 Å². The lowest BCUT2D eigenvalue weighted by atomic mass is 10.1. The van der Waals surface area contributed by atoms with Crippen molar-refractivity contribution >= 4 is 23.4 Å². The van der Waals surface area contributed by atoms with Crippen LogP contribution in [0.1, 0.15) is 16.8 Å². The molecule has 36 heavy (non-hydrogen) atoms. The molecule has 3 aromatic rings. The molecule has 0 unspecified atom stereocenters. The Morgan fingerprint density at radius 3 is 2.47 bits per heavy atom. The molecule has 0 spiro atoms. The highest BCUT2D eigenvalue weighted by Gasteiger charge is 2.34. The molecule has 1 N–H and O–H groups in total. The number of rotatable bonds is 7. The summed E-state index contributed by atoms with van der Waals surface area (Å²) in [6.45, 7) is 3.18. The first-order valence-corrected chi connectivity index (χ1v) is 11.5. The number of nitrogens with zero attached hydrogens (tertiary/aromatic N) is 3. The van der Waals surface area contributed by atoms with Crippen molar-refractivity contribution in [2.24, 2.45) is 0 Å². The molecule has 1 aromatic heterocycles. The highest BCUT2D eigenvalue weighted by atomic mass is 19.4. The molecule has 9 heteroatoms. The molecule has 1 aliphatic rings. The van der Waals surface area contributed by atoms with Gasteiger partial charge in [-0.2, -0.15) is 13.2 Å².